The number of ether oxygens (including phenoxy) is 1. The quantitative estimate of drug-likeness (QED) is 0.492. The van der Waals surface area contributed by atoms with E-state index in [0.29, 0.717) is 25.7 Å². The van der Waals surface area contributed by atoms with Crippen molar-refractivity contribution in [3.8, 4) is 28.5 Å². The number of anilines is 2. The molecule has 0 aliphatic carbocycles. The maximum Gasteiger partial charge on any atom is 0.228 e. The van der Waals surface area contributed by atoms with Gasteiger partial charge in [-0.05, 0) is 29.8 Å². The van der Waals surface area contributed by atoms with Gasteiger partial charge < -0.3 is 29.9 Å². The molecule has 5 rings (SSSR count). The number of nitrogens with zero attached hydrogens (tertiary/aromatic N) is 5. The van der Waals surface area contributed by atoms with Crippen molar-refractivity contribution in [3.63, 3.8) is 0 Å². The fourth-order valence-electron chi connectivity index (χ4n) is 4.36. The highest BCUT2D eigenvalue weighted by Gasteiger charge is 2.22. The minimum Gasteiger partial charge on any atom is -0.508 e. The largest absolute Gasteiger partial charge is 0.508 e. The molecule has 3 aromatic rings. The molecule has 34 heavy (non-hydrogen) atoms. The van der Waals surface area contributed by atoms with Gasteiger partial charge in [0.1, 0.15) is 11.6 Å². The van der Waals surface area contributed by atoms with Crippen molar-refractivity contribution in [1.29, 1.82) is 0 Å². The van der Waals surface area contributed by atoms with Crippen molar-refractivity contribution in [3.05, 3.63) is 54.1 Å². The van der Waals surface area contributed by atoms with Crippen LogP contribution < -0.4 is 9.80 Å². The molecule has 2 aliphatic heterocycles. The van der Waals surface area contributed by atoms with Gasteiger partial charge in [0.2, 0.25) is 5.95 Å². The average molecular weight is 464 g/mol. The summed E-state index contributed by atoms with van der Waals surface area (Å²) in [6.07, 6.45) is 0. The Hall–Kier alpha value is -3.56. The zero-order valence-corrected chi connectivity index (χ0v) is 19.0. The van der Waals surface area contributed by atoms with Crippen LogP contribution in [0.3, 0.4) is 0 Å². The summed E-state index contributed by atoms with van der Waals surface area (Å²) in [6.45, 7) is 6.82. The van der Waals surface area contributed by atoms with Crippen LogP contribution in [0.2, 0.25) is 0 Å². The van der Waals surface area contributed by atoms with Crippen LogP contribution in [0, 0.1) is 0 Å². The van der Waals surface area contributed by atoms with E-state index in [2.05, 4.69) is 14.7 Å². The Kier molecular flexibility index (Phi) is 6.37. The Bertz CT molecular complexity index is 1140. The first kappa shape index (κ1) is 22.2. The molecule has 2 fully saturated rings. The van der Waals surface area contributed by atoms with Crippen molar-refractivity contribution in [2.75, 3.05) is 62.3 Å². The Morgan fingerprint density at radius 1 is 0.765 bits per heavy atom. The van der Waals surface area contributed by atoms with Crippen LogP contribution in [0.1, 0.15) is 5.56 Å². The minimum absolute atomic E-state index is 0.0905. The molecular weight excluding hydrogens is 434 g/mol. The third-order valence-electron chi connectivity index (χ3n) is 6.28. The van der Waals surface area contributed by atoms with Crippen LogP contribution >= 0.6 is 0 Å². The predicted octanol–water partition coefficient (Wildman–Crippen LogP) is 2.42. The number of benzene rings is 2. The van der Waals surface area contributed by atoms with Crippen LogP contribution in [0.5, 0.6) is 17.2 Å². The molecule has 2 aliphatic rings. The molecule has 2 saturated heterocycles. The number of phenolic OH excluding ortho intramolecular Hbond substituents is 3. The summed E-state index contributed by atoms with van der Waals surface area (Å²) < 4.78 is 5.50. The van der Waals surface area contributed by atoms with E-state index in [4.69, 9.17) is 14.7 Å². The second-order valence-corrected chi connectivity index (χ2v) is 8.65. The van der Waals surface area contributed by atoms with Crippen molar-refractivity contribution in [2.24, 2.45) is 0 Å². The molecule has 0 saturated carbocycles. The topological polar surface area (TPSA) is 105 Å². The average Bonchev–Trinajstić information content (AvgIpc) is 2.87. The molecule has 9 heteroatoms. The van der Waals surface area contributed by atoms with Crippen LogP contribution in [0.25, 0.3) is 11.3 Å². The Morgan fingerprint density at radius 3 is 2.29 bits per heavy atom. The van der Waals surface area contributed by atoms with Gasteiger partial charge in [0, 0.05) is 57.4 Å². The predicted molar refractivity (Wildman–Crippen MR) is 129 cm³/mol. The van der Waals surface area contributed by atoms with Gasteiger partial charge in [0.05, 0.1) is 18.9 Å². The van der Waals surface area contributed by atoms with Crippen molar-refractivity contribution in [1.82, 2.24) is 14.9 Å². The lowest BCUT2D eigenvalue weighted by atomic mass is 10.1. The normalized spacial score (nSPS) is 17.2. The lowest BCUT2D eigenvalue weighted by Gasteiger charge is -2.36. The molecule has 0 atom stereocenters. The first-order valence-corrected chi connectivity index (χ1v) is 11.5. The minimum atomic E-state index is -0.101. The number of hydrogen-bond donors (Lipinski definition) is 3. The second-order valence-electron chi connectivity index (χ2n) is 8.65. The summed E-state index contributed by atoms with van der Waals surface area (Å²) in [6, 6.07) is 14.1. The van der Waals surface area contributed by atoms with Crippen LogP contribution in [0.4, 0.5) is 11.8 Å². The lowest BCUT2D eigenvalue weighted by Crippen LogP contribution is -2.46. The van der Waals surface area contributed by atoms with Crippen LogP contribution in [-0.4, -0.2) is 82.7 Å². The SMILES string of the molecule is Oc1cccc(-c2cc(N3CCN(Cc4ccc(O)c(O)c4)CC3)nc(N3CCOCC3)n2)c1. The zero-order chi connectivity index (χ0) is 23.5. The van der Waals surface area contributed by atoms with E-state index in [9.17, 15) is 15.3 Å². The first-order chi connectivity index (χ1) is 16.5. The Morgan fingerprint density at radius 2 is 1.56 bits per heavy atom. The summed E-state index contributed by atoms with van der Waals surface area (Å²) in [5.41, 5.74) is 2.60. The summed E-state index contributed by atoms with van der Waals surface area (Å²) >= 11 is 0. The highest BCUT2D eigenvalue weighted by molar-refractivity contribution is 5.66. The molecule has 0 spiro atoms. The van der Waals surface area contributed by atoms with Crippen molar-refractivity contribution < 1.29 is 20.1 Å². The number of rotatable bonds is 5. The summed E-state index contributed by atoms with van der Waals surface area (Å²) in [7, 11) is 0. The fourth-order valence-corrected chi connectivity index (χ4v) is 4.36. The molecule has 3 heterocycles. The molecule has 3 N–H and O–H groups in total. The van der Waals surface area contributed by atoms with E-state index < -0.39 is 0 Å². The molecule has 0 unspecified atom stereocenters. The van der Waals surface area contributed by atoms with E-state index in [0.717, 1.165) is 61.9 Å². The van der Waals surface area contributed by atoms with E-state index in [1.807, 2.05) is 24.3 Å². The Balaban J connectivity index is 1.35. The first-order valence-electron chi connectivity index (χ1n) is 11.5. The van der Waals surface area contributed by atoms with Gasteiger partial charge in [-0.15, -0.1) is 0 Å². The van der Waals surface area contributed by atoms with Gasteiger partial charge in [-0.2, -0.15) is 4.98 Å². The third-order valence-corrected chi connectivity index (χ3v) is 6.28. The maximum absolute atomic E-state index is 9.98. The molecule has 0 bridgehead atoms. The van der Waals surface area contributed by atoms with E-state index in [1.165, 1.54) is 6.07 Å². The summed E-state index contributed by atoms with van der Waals surface area (Å²) in [5.74, 6) is 1.57. The number of aromatic nitrogens is 2. The molecule has 178 valence electrons. The molecular formula is C25H29N5O4. The molecule has 2 aromatic carbocycles. The van der Waals surface area contributed by atoms with Gasteiger partial charge in [-0.1, -0.05) is 18.2 Å². The lowest BCUT2D eigenvalue weighted by molar-refractivity contribution is 0.122. The van der Waals surface area contributed by atoms with Crippen LogP contribution in [0.15, 0.2) is 48.5 Å². The van der Waals surface area contributed by atoms with E-state index in [1.54, 1.807) is 18.2 Å². The van der Waals surface area contributed by atoms with Crippen molar-refractivity contribution in [2.45, 2.75) is 6.54 Å². The number of phenols is 3. The number of hydrogen-bond acceptors (Lipinski definition) is 9. The van der Waals surface area contributed by atoms with E-state index >= 15 is 0 Å². The second kappa shape index (κ2) is 9.74. The van der Waals surface area contributed by atoms with Gasteiger partial charge in [-0.3, -0.25) is 4.90 Å². The molecule has 0 radical (unpaired) electrons. The summed E-state index contributed by atoms with van der Waals surface area (Å²) in [5, 5.41) is 29.3. The molecule has 1 aromatic heterocycles. The number of morpholine rings is 1. The maximum atomic E-state index is 9.98. The Labute approximate surface area is 198 Å². The molecule has 9 nitrogen and oxygen atoms in total. The van der Waals surface area contributed by atoms with Gasteiger partial charge in [0.25, 0.3) is 0 Å². The van der Waals surface area contributed by atoms with Gasteiger partial charge in [0.15, 0.2) is 11.5 Å². The summed E-state index contributed by atoms with van der Waals surface area (Å²) in [4.78, 5) is 16.5. The van der Waals surface area contributed by atoms with Crippen molar-refractivity contribution >= 4 is 11.8 Å². The van der Waals surface area contributed by atoms with Crippen LogP contribution in [-0.2, 0) is 11.3 Å². The monoisotopic (exact) mass is 463 g/mol. The highest BCUT2D eigenvalue weighted by atomic mass is 16.5. The van der Waals surface area contributed by atoms with E-state index in [-0.39, 0.29) is 17.2 Å². The standard InChI is InChI=1S/C25H29N5O4/c31-20-3-1-2-19(15-20)21-16-24(27-25(26-21)30-10-12-34-13-11-30)29-8-6-28(7-9-29)17-18-4-5-22(32)23(33)14-18/h1-5,14-16,31-33H,6-13,17H2. The van der Waals surface area contributed by atoms with Gasteiger partial charge >= 0.3 is 0 Å². The smallest absolute Gasteiger partial charge is 0.228 e. The number of piperazine rings is 1. The van der Waals surface area contributed by atoms with Gasteiger partial charge in [-0.25, -0.2) is 4.98 Å². The fraction of sp³-hybridized carbons (Fsp3) is 0.360. The zero-order valence-electron chi connectivity index (χ0n) is 19.0. The molecule has 0 amide bonds. The number of aromatic hydroxyl groups is 3. The third kappa shape index (κ3) is 5.00. The highest BCUT2D eigenvalue weighted by Crippen LogP contribution is 2.29.